The quantitative estimate of drug-likeness (QED) is 0.271. The van der Waals surface area contributed by atoms with Gasteiger partial charge in [0.15, 0.2) is 17.4 Å². The summed E-state index contributed by atoms with van der Waals surface area (Å²) in [6.07, 6.45) is 3.78. The average Bonchev–Trinajstić information content (AvgIpc) is 3.11. The van der Waals surface area contributed by atoms with Gasteiger partial charge < -0.3 is 10.6 Å². The molecule has 0 fully saturated rings. The maximum atomic E-state index is 4.40. The van der Waals surface area contributed by atoms with Crippen molar-refractivity contribution in [3.05, 3.63) is 72.3 Å². The molecule has 8 heteroatoms. The Labute approximate surface area is 174 Å². The van der Waals surface area contributed by atoms with Crippen LogP contribution < -0.4 is 10.6 Å². The maximum absolute atomic E-state index is 4.40. The van der Waals surface area contributed by atoms with Crippen LogP contribution in [0.15, 0.2) is 65.9 Å². The second-order valence-electron chi connectivity index (χ2n) is 5.81. The molecular formula is C19H20IN7. The molecule has 138 valence electrons. The minimum Gasteiger partial charge on any atom is -0.352 e. The van der Waals surface area contributed by atoms with Crippen LogP contribution in [0.25, 0.3) is 16.6 Å². The highest BCUT2D eigenvalue weighted by Crippen LogP contribution is 2.15. The molecule has 1 aromatic carbocycles. The van der Waals surface area contributed by atoms with Gasteiger partial charge in [-0.3, -0.25) is 14.4 Å². The third kappa shape index (κ3) is 4.16. The zero-order chi connectivity index (χ0) is 17.8. The summed E-state index contributed by atoms with van der Waals surface area (Å²) in [5.74, 6) is 1.54. The van der Waals surface area contributed by atoms with Gasteiger partial charge in [0.05, 0.1) is 12.1 Å². The highest BCUT2D eigenvalue weighted by atomic mass is 127. The predicted octanol–water partition coefficient (Wildman–Crippen LogP) is 2.76. The normalized spacial score (nSPS) is 11.4. The highest BCUT2D eigenvalue weighted by molar-refractivity contribution is 14.0. The maximum Gasteiger partial charge on any atom is 0.191 e. The van der Waals surface area contributed by atoms with Crippen molar-refractivity contribution in [3.8, 4) is 0 Å². The van der Waals surface area contributed by atoms with E-state index in [0.29, 0.717) is 19.0 Å². The molecule has 3 aromatic heterocycles. The molecule has 4 aromatic rings. The third-order valence-electron chi connectivity index (χ3n) is 4.21. The second-order valence-corrected chi connectivity index (χ2v) is 5.81. The van der Waals surface area contributed by atoms with Crippen LogP contribution in [0, 0.1) is 0 Å². The van der Waals surface area contributed by atoms with Crippen LogP contribution in [0.1, 0.15) is 11.4 Å². The first-order valence-electron chi connectivity index (χ1n) is 8.41. The number of pyridine rings is 2. The van der Waals surface area contributed by atoms with Crippen molar-refractivity contribution in [2.45, 2.75) is 13.1 Å². The molecule has 0 radical (unpaired) electrons. The van der Waals surface area contributed by atoms with Crippen molar-refractivity contribution in [1.29, 1.82) is 0 Å². The summed E-state index contributed by atoms with van der Waals surface area (Å²) in [5.41, 5.74) is 2.99. The number of nitrogens with one attached hydrogen (secondary N) is 2. The Bertz CT molecular complexity index is 1070. The van der Waals surface area contributed by atoms with Crippen molar-refractivity contribution in [2.75, 3.05) is 7.05 Å². The number of hydrogen-bond acceptors (Lipinski definition) is 4. The van der Waals surface area contributed by atoms with Gasteiger partial charge in [-0.25, -0.2) is 0 Å². The van der Waals surface area contributed by atoms with Crippen LogP contribution in [0.2, 0.25) is 0 Å². The Morgan fingerprint density at radius 1 is 1.00 bits per heavy atom. The van der Waals surface area contributed by atoms with Crippen LogP contribution >= 0.6 is 24.0 Å². The van der Waals surface area contributed by atoms with Crippen LogP contribution in [0.5, 0.6) is 0 Å². The summed E-state index contributed by atoms with van der Waals surface area (Å²) < 4.78 is 1.96. The summed E-state index contributed by atoms with van der Waals surface area (Å²) in [6.45, 7) is 1.19. The summed E-state index contributed by atoms with van der Waals surface area (Å²) in [4.78, 5) is 8.68. The molecular weight excluding hydrogens is 453 g/mol. The molecule has 2 N–H and O–H groups in total. The van der Waals surface area contributed by atoms with Gasteiger partial charge in [0, 0.05) is 31.4 Å². The fraction of sp³-hybridized carbons (Fsp3) is 0.158. The lowest BCUT2D eigenvalue weighted by Gasteiger charge is -2.12. The number of rotatable bonds is 4. The average molecular weight is 473 g/mol. The van der Waals surface area contributed by atoms with E-state index in [4.69, 9.17) is 0 Å². The fourth-order valence-corrected chi connectivity index (χ4v) is 2.88. The van der Waals surface area contributed by atoms with E-state index < -0.39 is 0 Å². The number of para-hydroxylation sites is 1. The molecule has 0 saturated carbocycles. The van der Waals surface area contributed by atoms with E-state index in [0.717, 1.165) is 22.4 Å². The minimum absolute atomic E-state index is 0. The van der Waals surface area contributed by atoms with Crippen LogP contribution in [0.3, 0.4) is 0 Å². The first-order valence-corrected chi connectivity index (χ1v) is 8.41. The molecule has 4 rings (SSSR count). The monoisotopic (exact) mass is 473 g/mol. The topological polar surface area (TPSA) is 79.5 Å². The molecule has 7 nitrogen and oxygen atoms in total. The molecule has 27 heavy (non-hydrogen) atoms. The lowest BCUT2D eigenvalue weighted by molar-refractivity contribution is 0.763. The Balaban J connectivity index is 0.00000210. The summed E-state index contributed by atoms with van der Waals surface area (Å²) in [6, 6.07) is 16.0. The van der Waals surface area contributed by atoms with E-state index in [1.54, 1.807) is 7.05 Å². The SMILES string of the molecule is CN=C(NCc1ccnc2ccccc12)NCc1nnc2ccccn12.I. The van der Waals surface area contributed by atoms with E-state index in [-0.39, 0.29) is 24.0 Å². The Morgan fingerprint density at radius 3 is 2.70 bits per heavy atom. The number of nitrogens with zero attached hydrogens (tertiary/aromatic N) is 5. The van der Waals surface area contributed by atoms with Crippen molar-refractivity contribution in [3.63, 3.8) is 0 Å². The van der Waals surface area contributed by atoms with E-state index in [9.17, 15) is 0 Å². The standard InChI is InChI=1S/C19H19N7.HI/c1-20-19(23-13-18-25-24-17-8-4-5-11-26(17)18)22-12-14-9-10-21-16-7-3-2-6-15(14)16;/h2-11H,12-13H2,1H3,(H2,20,22,23);1H. The molecule has 0 unspecified atom stereocenters. The van der Waals surface area contributed by atoms with Crippen molar-refractivity contribution in [1.82, 2.24) is 30.2 Å². The third-order valence-corrected chi connectivity index (χ3v) is 4.21. The molecule has 0 amide bonds. The molecule has 0 spiro atoms. The van der Waals surface area contributed by atoms with Gasteiger partial charge in [-0.1, -0.05) is 24.3 Å². The number of guanidine groups is 1. The second kappa shape index (κ2) is 8.76. The number of hydrogen-bond donors (Lipinski definition) is 2. The van der Waals surface area contributed by atoms with Gasteiger partial charge in [-0.2, -0.15) is 0 Å². The summed E-state index contributed by atoms with van der Waals surface area (Å²) in [7, 11) is 1.75. The van der Waals surface area contributed by atoms with Crippen LogP contribution in [-0.4, -0.2) is 32.6 Å². The summed E-state index contributed by atoms with van der Waals surface area (Å²) >= 11 is 0. The Hall–Kier alpha value is -2.75. The molecule has 0 aliphatic rings. The number of halogens is 1. The van der Waals surface area contributed by atoms with E-state index in [1.165, 1.54) is 5.56 Å². The molecule has 3 heterocycles. The number of fused-ring (bicyclic) bond motifs is 2. The molecule has 0 saturated heterocycles. The number of aliphatic imine (C=N–C) groups is 1. The molecule has 0 atom stereocenters. The van der Waals surface area contributed by atoms with E-state index >= 15 is 0 Å². The van der Waals surface area contributed by atoms with Gasteiger partial charge in [0.1, 0.15) is 0 Å². The minimum atomic E-state index is 0. The van der Waals surface area contributed by atoms with Gasteiger partial charge in [-0.15, -0.1) is 34.2 Å². The zero-order valence-corrected chi connectivity index (χ0v) is 17.2. The van der Waals surface area contributed by atoms with Crippen LogP contribution in [0.4, 0.5) is 0 Å². The first-order chi connectivity index (χ1) is 12.8. The first kappa shape index (κ1) is 19.0. The highest BCUT2D eigenvalue weighted by Gasteiger charge is 2.06. The van der Waals surface area contributed by atoms with Crippen molar-refractivity contribution < 1.29 is 0 Å². The zero-order valence-electron chi connectivity index (χ0n) is 14.8. The van der Waals surface area contributed by atoms with Gasteiger partial charge in [-0.05, 0) is 29.8 Å². The largest absolute Gasteiger partial charge is 0.352 e. The van der Waals surface area contributed by atoms with Gasteiger partial charge >= 0.3 is 0 Å². The van der Waals surface area contributed by atoms with Crippen molar-refractivity contribution >= 4 is 46.5 Å². The smallest absolute Gasteiger partial charge is 0.191 e. The molecule has 0 aliphatic heterocycles. The lowest BCUT2D eigenvalue weighted by atomic mass is 10.1. The Kier molecular flexibility index (Phi) is 6.17. The summed E-state index contributed by atoms with van der Waals surface area (Å²) in [5, 5.41) is 16.1. The van der Waals surface area contributed by atoms with Gasteiger partial charge in [0.25, 0.3) is 0 Å². The van der Waals surface area contributed by atoms with E-state index in [2.05, 4.69) is 36.9 Å². The predicted molar refractivity (Wildman–Crippen MR) is 117 cm³/mol. The van der Waals surface area contributed by atoms with Crippen LogP contribution in [-0.2, 0) is 13.1 Å². The number of aromatic nitrogens is 4. The fourth-order valence-electron chi connectivity index (χ4n) is 2.88. The number of benzene rings is 1. The van der Waals surface area contributed by atoms with E-state index in [1.807, 2.05) is 59.3 Å². The lowest BCUT2D eigenvalue weighted by Crippen LogP contribution is -2.36. The Morgan fingerprint density at radius 2 is 1.81 bits per heavy atom. The molecule has 0 aliphatic carbocycles. The van der Waals surface area contributed by atoms with Crippen molar-refractivity contribution in [2.24, 2.45) is 4.99 Å². The molecule has 0 bridgehead atoms. The van der Waals surface area contributed by atoms with Gasteiger partial charge in [0.2, 0.25) is 0 Å².